The summed E-state index contributed by atoms with van der Waals surface area (Å²) in [5, 5.41) is 12.2. The molecule has 0 atom stereocenters. The molecule has 0 radical (unpaired) electrons. The Morgan fingerprint density at radius 3 is 2.56 bits per heavy atom. The number of carbonyl (C=O) groups excluding carboxylic acids is 1. The molecular formula is C25H26N4O4S. The highest BCUT2D eigenvalue weighted by Gasteiger charge is 2.18. The highest BCUT2D eigenvalue weighted by atomic mass is 32.2. The molecule has 0 aliphatic heterocycles. The molecule has 2 aromatic heterocycles. The van der Waals surface area contributed by atoms with E-state index in [2.05, 4.69) is 15.5 Å². The van der Waals surface area contributed by atoms with E-state index in [1.165, 1.54) is 11.8 Å². The Kier molecular flexibility index (Phi) is 7.87. The summed E-state index contributed by atoms with van der Waals surface area (Å²) in [5.74, 6) is 2.78. The molecule has 0 fully saturated rings. The second kappa shape index (κ2) is 11.4. The Hall–Kier alpha value is -3.72. The Morgan fingerprint density at radius 2 is 1.82 bits per heavy atom. The van der Waals surface area contributed by atoms with Crippen molar-refractivity contribution in [2.75, 3.05) is 26.5 Å². The fraction of sp³-hybridized carbons (Fsp3) is 0.240. The summed E-state index contributed by atoms with van der Waals surface area (Å²) in [6, 6.07) is 19.5. The first-order valence-corrected chi connectivity index (χ1v) is 11.8. The fourth-order valence-corrected chi connectivity index (χ4v) is 4.22. The van der Waals surface area contributed by atoms with Gasteiger partial charge in [-0.1, -0.05) is 48.2 Å². The lowest BCUT2D eigenvalue weighted by Gasteiger charge is -2.11. The number of rotatable bonds is 11. The average molecular weight is 479 g/mol. The van der Waals surface area contributed by atoms with Crippen LogP contribution in [0.25, 0.3) is 11.6 Å². The molecule has 0 unspecified atom stereocenters. The first kappa shape index (κ1) is 23.4. The zero-order chi connectivity index (χ0) is 23.8. The molecule has 8 nitrogen and oxygen atoms in total. The van der Waals surface area contributed by atoms with Crippen LogP contribution < -0.4 is 14.8 Å². The fourth-order valence-electron chi connectivity index (χ4n) is 3.46. The van der Waals surface area contributed by atoms with Crippen molar-refractivity contribution in [3.05, 3.63) is 78.1 Å². The molecule has 0 aliphatic carbocycles. The van der Waals surface area contributed by atoms with Gasteiger partial charge in [-0.2, -0.15) is 0 Å². The van der Waals surface area contributed by atoms with Crippen LogP contribution in [-0.2, 0) is 17.8 Å². The van der Waals surface area contributed by atoms with Gasteiger partial charge in [-0.3, -0.25) is 9.36 Å². The third kappa shape index (κ3) is 5.79. The average Bonchev–Trinajstić information content (AvgIpc) is 3.53. The van der Waals surface area contributed by atoms with E-state index in [1.54, 1.807) is 20.5 Å². The highest BCUT2D eigenvalue weighted by Crippen LogP contribution is 2.28. The van der Waals surface area contributed by atoms with Crippen molar-refractivity contribution in [3.8, 4) is 23.1 Å². The molecule has 4 rings (SSSR count). The van der Waals surface area contributed by atoms with Gasteiger partial charge >= 0.3 is 0 Å². The Bertz CT molecular complexity index is 1210. The van der Waals surface area contributed by atoms with Crippen LogP contribution in [0.2, 0.25) is 0 Å². The number of ether oxygens (including phenoxy) is 2. The molecule has 1 N–H and O–H groups in total. The Balaban J connectivity index is 1.36. The second-order valence-corrected chi connectivity index (χ2v) is 8.38. The van der Waals surface area contributed by atoms with Gasteiger partial charge in [-0.15, -0.1) is 10.2 Å². The van der Waals surface area contributed by atoms with E-state index < -0.39 is 0 Å². The van der Waals surface area contributed by atoms with E-state index in [0.717, 1.165) is 11.1 Å². The predicted molar refractivity (Wildman–Crippen MR) is 130 cm³/mol. The van der Waals surface area contributed by atoms with E-state index in [4.69, 9.17) is 13.9 Å². The summed E-state index contributed by atoms with van der Waals surface area (Å²) >= 11 is 1.35. The standard InChI is InChI=1S/C25H26N4O4S/c1-31-20-11-10-18(15-22(20)32-2)12-13-26-23(30)17-34-25-28-27-24(21-9-6-14-33-21)29(25)16-19-7-4-3-5-8-19/h3-11,14-15H,12-13,16-17H2,1-2H3,(H,26,30). The van der Waals surface area contributed by atoms with Crippen molar-refractivity contribution >= 4 is 17.7 Å². The summed E-state index contributed by atoms with van der Waals surface area (Å²) in [4.78, 5) is 12.5. The summed E-state index contributed by atoms with van der Waals surface area (Å²) < 4.78 is 18.1. The van der Waals surface area contributed by atoms with E-state index in [0.29, 0.717) is 47.8 Å². The number of methoxy groups -OCH3 is 2. The van der Waals surface area contributed by atoms with Crippen molar-refractivity contribution in [1.82, 2.24) is 20.1 Å². The van der Waals surface area contributed by atoms with Crippen LogP contribution in [0.5, 0.6) is 11.5 Å². The lowest BCUT2D eigenvalue weighted by Crippen LogP contribution is -2.27. The molecule has 2 heterocycles. The number of benzene rings is 2. The minimum atomic E-state index is -0.0701. The van der Waals surface area contributed by atoms with Gasteiger partial charge in [0.1, 0.15) is 0 Å². The zero-order valence-corrected chi connectivity index (χ0v) is 19.9. The Labute approximate surface area is 202 Å². The van der Waals surface area contributed by atoms with Crippen LogP contribution in [0.4, 0.5) is 0 Å². The van der Waals surface area contributed by atoms with Gasteiger partial charge in [0.15, 0.2) is 22.4 Å². The smallest absolute Gasteiger partial charge is 0.230 e. The highest BCUT2D eigenvalue weighted by molar-refractivity contribution is 7.99. The number of carbonyl (C=O) groups is 1. The molecule has 34 heavy (non-hydrogen) atoms. The van der Waals surface area contributed by atoms with E-state index in [9.17, 15) is 4.79 Å². The van der Waals surface area contributed by atoms with Crippen LogP contribution in [0.15, 0.2) is 76.5 Å². The van der Waals surface area contributed by atoms with Gasteiger partial charge in [0, 0.05) is 6.54 Å². The summed E-state index contributed by atoms with van der Waals surface area (Å²) in [6.45, 7) is 1.09. The third-order valence-corrected chi connectivity index (χ3v) is 6.12. The minimum Gasteiger partial charge on any atom is -0.493 e. The lowest BCUT2D eigenvalue weighted by atomic mass is 10.1. The monoisotopic (exact) mass is 478 g/mol. The van der Waals surface area contributed by atoms with Crippen molar-refractivity contribution in [1.29, 1.82) is 0 Å². The van der Waals surface area contributed by atoms with Crippen LogP contribution in [0.1, 0.15) is 11.1 Å². The van der Waals surface area contributed by atoms with Crippen molar-refractivity contribution in [2.24, 2.45) is 0 Å². The van der Waals surface area contributed by atoms with Gasteiger partial charge in [0.25, 0.3) is 0 Å². The molecule has 0 saturated carbocycles. The van der Waals surface area contributed by atoms with Crippen molar-refractivity contribution in [2.45, 2.75) is 18.1 Å². The topological polar surface area (TPSA) is 91.4 Å². The van der Waals surface area contributed by atoms with Gasteiger partial charge in [-0.05, 0) is 41.8 Å². The maximum absolute atomic E-state index is 12.5. The first-order valence-electron chi connectivity index (χ1n) is 10.8. The zero-order valence-electron chi connectivity index (χ0n) is 19.1. The van der Waals surface area contributed by atoms with Crippen LogP contribution in [-0.4, -0.2) is 47.2 Å². The molecule has 0 saturated heterocycles. The molecule has 176 valence electrons. The molecule has 9 heteroatoms. The number of furan rings is 1. The number of nitrogens with one attached hydrogen (secondary N) is 1. The van der Waals surface area contributed by atoms with Gasteiger partial charge in [0.2, 0.25) is 11.7 Å². The lowest BCUT2D eigenvalue weighted by molar-refractivity contribution is -0.118. The molecular weight excluding hydrogens is 452 g/mol. The van der Waals surface area contributed by atoms with Gasteiger partial charge in [-0.25, -0.2) is 0 Å². The SMILES string of the molecule is COc1ccc(CCNC(=O)CSc2nnc(-c3ccco3)n2Cc2ccccc2)cc1OC. The number of amides is 1. The molecule has 4 aromatic rings. The quantitative estimate of drug-likeness (QED) is 0.325. The third-order valence-electron chi connectivity index (χ3n) is 5.16. The molecule has 1 amide bonds. The molecule has 0 bridgehead atoms. The van der Waals surface area contributed by atoms with E-state index >= 15 is 0 Å². The maximum atomic E-state index is 12.5. The van der Waals surface area contributed by atoms with E-state index in [-0.39, 0.29) is 11.7 Å². The molecule has 2 aromatic carbocycles. The summed E-state index contributed by atoms with van der Waals surface area (Å²) in [5.41, 5.74) is 2.16. The maximum Gasteiger partial charge on any atom is 0.230 e. The number of nitrogens with zero attached hydrogens (tertiary/aromatic N) is 3. The summed E-state index contributed by atoms with van der Waals surface area (Å²) in [7, 11) is 3.21. The first-order chi connectivity index (χ1) is 16.7. The normalized spacial score (nSPS) is 10.8. The van der Waals surface area contributed by atoms with Crippen molar-refractivity contribution in [3.63, 3.8) is 0 Å². The number of aromatic nitrogens is 3. The Morgan fingerprint density at radius 1 is 1.00 bits per heavy atom. The van der Waals surface area contributed by atoms with Crippen LogP contribution >= 0.6 is 11.8 Å². The number of hydrogen-bond donors (Lipinski definition) is 1. The molecule has 0 aliphatic rings. The van der Waals surface area contributed by atoms with Crippen molar-refractivity contribution < 1.29 is 18.7 Å². The second-order valence-electron chi connectivity index (χ2n) is 7.43. The largest absolute Gasteiger partial charge is 0.493 e. The number of thioether (sulfide) groups is 1. The van der Waals surface area contributed by atoms with Crippen LogP contribution in [0, 0.1) is 0 Å². The van der Waals surface area contributed by atoms with Gasteiger partial charge < -0.3 is 19.2 Å². The molecule has 0 spiro atoms. The number of hydrogen-bond acceptors (Lipinski definition) is 7. The minimum absolute atomic E-state index is 0.0701. The van der Waals surface area contributed by atoms with Crippen LogP contribution in [0.3, 0.4) is 0 Å². The summed E-state index contributed by atoms with van der Waals surface area (Å²) in [6.07, 6.45) is 2.29. The predicted octanol–water partition coefficient (Wildman–Crippen LogP) is 4.05. The van der Waals surface area contributed by atoms with Gasteiger partial charge in [0.05, 0.1) is 32.8 Å². The van der Waals surface area contributed by atoms with E-state index in [1.807, 2.05) is 65.2 Å².